The third-order valence-electron chi connectivity index (χ3n) is 5.50. The lowest BCUT2D eigenvalue weighted by Crippen LogP contribution is -2.22. The molecule has 0 saturated carbocycles. The number of hydrogen-bond donors (Lipinski definition) is 1. The Morgan fingerprint density at radius 1 is 0.865 bits per heavy atom. The quantitative estimate of drug-likeness (QED) is 0.140. The van der Waals surface area contributed by atoms with E-state index in [0.29, 0.717) is 24.5 Å². The van der Waals surface area contributed by atoms with Gasteiger partial charge in [-0.15, -0.1) is 10.2 Å². The van der Waals surface area contributed by atoms with Crippen molar-refractivity contribution in [3.63, 3.8) is 0 Å². The van der Waals surface area contributed by atoms with Crippen molar-refractivity contribution in [3.8, 4) is 0 Å². The van der Waals surface area contributed by atoms with Crippen LogP contribution in [0.15, 0.2) is 107 Å². The molecule has 8 nitrogen and oxygen atoms in total. The first kappa shape index (κ1) is 25.5. The molecule has 0 spiro atoms. The number of nitro groups is 1. The molecule has 4 aromatic carbocycles. The van der Waals surface area contributed by atoms with Crippen molar-refractivity contribution in [2.75, 3.05) is 10.2 Å². The van der Waals surface area contributed by atoms with Crippen molar-refractivity contribution in [3.05, 3.63) is 123 Å². The molecule has 0 aromatic heterocycles. The van der Waals surface area contributed by atoms with E-state index in [1.54, 1.807) is 6.07 Å². The van der Waals surface area contributed by atoms with Crippen molar-refractivity contribution in [2.45, 2.75) is 20.0 Å². The average molecular weight is 514 g/mol. The molecule has 0 saturated heterocycles. The standard InChI is InChI=1S/C28H24ClN5O3/c1-20(35)30-28-17-23(12-15-27(28)32-31-26-14-13-24(34(36)37)16-25(26)29)33(18-21-8-4-2-5-9-21)19-22-10-6-3-7-11-22/h2-17H,18-19H2,1H3,(H,30,35). The van der Waals surface area contributed by atoms with Crippen LogP contribution in [0.25, 0.3) is 0 Å². The number of rotatable bonds is 9. The summed E-state index contributed by atoms with van der Waals surface area (Å²) in [5.74, 6) is -0.250. The van der Waals surface area contributed by atoms with Crippen LogP contribution >= 0.6 is 11.6 Å². The maximum absolute atomic E-state index is 12.0. The van der Waals surface area contributed by atoms with Gasteiger partial charge in [-0.3, -0.25) is 14.9 Å². The Morgan fingerprint density at radius 2 is 1.43 bits per heavy atom. The first-order valence-electron chi connectivity index (χ1n) is 11.5. The largest absolute Gasteiger partial charge is 0.363 e. The first-order valence-corrected chi connectivity index (χ1v) is 11.9. The van der Waals surface area contributed by atoms with Crippen LogP contribution in [0.3, 0.4) is 0 Å². The van der Waals surface area contributed by atoms with Crippen LogP contribution in [-0.2, 0) is 17.9 Å². The van der Waals surface area contributed by atoms with Gasteiger partial charge in [0.15, 0.2) is 0 Å². The highest BCUT2D eigenvalue weighted by Crippen LogP contribution is 2.35. The predicted molar refractivity (Wildman–Crippen MR) is 146 cm³/mol. The van der Waals surface area contributed by atoms with Gasteiger partial charge in [-0.25, -0.2) is 0 Å². The highest BCUT2D eigenvalue weighted by molar-refractivity contribution is 6.33. The van der Waals surface area contributed by atoms with E-state index in [1.807, 2.05) is 48.5 Å². The van der Waals surface area contributed by atoms with Crippen LogP contribution in [-0.4, -0.2) is 10.8 Å². The molecular weight excluding hydrogens is 490 g/mol. The number of halogens is 1. The third-order valence-corrected chi connectivity index (χ3v) is 5.80. The van der Waals surface area contributed by atoms with E-state index >= 15 is 0 Å². The van der Waals surface area contributed by atoms with E-state index in [2.05, 4.69) is 44.7 Å². The number of anilines is 2. The van der Waals surface area contributed by atoms with E-state index < -0.39 is 4.92 Å². The van der Waals surface area contributed by atoms with E-state index in [4.69, 9.17) is 11.6 Å². The third kappa shape index (κ3) is 6.99. The van der Waals surface area contributed by atoms with E-state index in [0.717, 1.165) is 16.8 Å². The topological polar surface area (TPSA) is 100 Å². The molecule has 1 N–H and O–H groups in total. The fourth-order valence-electron chi connectivity index (χ4n) is 3.74. The summed E-state index contributed by atoms with van der Waals surface area (Å²) < 4.78 is 0. The van der Waals surface area contributed by atoms with Gasteiger partial charge in [0.1, 0.15) is 11.4 Å². The van der Waals surface area contributed by atoms with Crippen molar-refractivity contribution in [2.24, 2.45) is 10.2 Å². The maximum Gasteiger partial charge on any atom is 0.271 e. The van der Waals surface area contributed by atoms with Crippen LogP contribution in [0.5, 0.6) is 0 Å². The van der Waals surface area contributed by atoms with Crippen LogP contribution < -0.4 is 10.2 Å². The summed E-state index contributed by atoms with van der Waals surface area (Å²) in [5.41, 5.74) is 4.24. The number of hydrogen-bond acceptors (Lipinski definition) is 6. The summed E-state index contributed by atoms with van der Waals surface area (Å²) in [4.78, 5) is 24.6. The molecule has 186 valence electrons. The molecule has 0 aliphatic rings. The molecule has 37 heavy (non-hydrogen) atoms. The second-order valence-electron chi connectivity index (χ2n) is 8.30. The smallest absolute Gasteiger partial charge is 0.271 e. The zero-order valence-corrected chi connectivity index (χ0v) is 20.8. The molecule has 0 unspecified atom stereocenters. The number of carbonyl (C=O) groups excluding carboxylic acids is 1. The summed E-state index contributed by atoms with van der Waals surface area (Å²) in [6.45, 7) is 2.75. The fourth-order valence-corrected chi connectivity index (χ4v) is 3.95. The first-order chi connectivity index (χ1) is 17.9. The van der Waals surface area contributed by atoms with E-state index in [-0.39, 0.29) is 22.3 Å². The lowest BCUT2D eigenvalue weighted by atomic mass is 10.1. The number of benzene rings is 4. The maximum atomic E-state index is 12.0. The molecule has 0 radical (unpaired) electrons. The SMILES string of the molecule is CC(=O)Nc1cc(N(Cc2ccccc2)Cc2ccccc2)ccc1N=Nc1ccc([N+](=O)[O-])cc1Cl. The van der Waals surface area contributed by atoms with Gasteiger partial charge in [0, 0.05) is 37.8 Å². The van der Waals surface area contributed by atoms with Gasteiger partial charge < -0.3 is 10.2 Å². The summed E-state index contributed by atoms with van der Waals surface area (Å²) in [6.07, 6.45) is 0. The van der Waals surface area contributed by atoms with Gasteiger partial charge >= 0.3 is 0 Å². The summed E-state index contributed by atoms with van der Waals surface area (Å²) in [5, 5.41) is 22.3. The van der Waals surface area contributed by atoms with E-state index in [9.17, 15) is 14.9 Å². The molecule has 1 amide bonds. The molecule has 0 aliphatic carbocycles. The molecule has 4 rings (SSSR count). The van der Waals surface area contributed by atoms with Gasteiger partial charge in [-0.05, 0) is 35.4 Å². The van der Waals surface area contributed by atoms with Gasteiger partial charge in [-0.1, -0.05) is 72.3 Å². The molecule has 0 bridgehead atoms. The monoisotopic (exact) mass is 513 g/mol. The highest BCUT2D eigenvalue weighted by atomic mass is 35.5. The Kier molecular flexibility index (Phi) is 8.22. The second kappa shape index (κ2) is 11.9. The number of nitrogens with zero attached hydrogens (tertiary/aromatic N) is 4. The molecule has 0 fully saturated rings. The van der Waals surface area contributed by atoms with Crippen LogP contribution in [0.4, 0.5) is 28.4 Å². The van der Waals surface area contributed by atoms with Crippen LogP contribution in [0.1, 0.15) is 18.1 Å². The normalized spacial score (nSPS) is 10.9. The Balaban J connectivity index is 1.67. The lowest BCUT2D eigenvalue weighted by Gasteiger charge is -2.26. The van der Waals surface area contributed by atoms with Gasteiger partial charge in [0.2, 0.25) is 5.91 Å². The Morgan fingerprint density at radius 3 is 1.97 bits per heavy atom. The average Bonchev–Trinajstić information content (AvgIpc) is 2.89. The van der Waals surface area contributed by atoms with Crippen molar-refractivity contribution in [1.29, 1.82) is 0 Å². The second-order valence-corrected chi connectivity index (χ2v) is 8.71. The number of non-ortho nitro benzene ring substituents is 1. The molecule has 0 atom stereocenters. The fraction of sp³-hybridized carbons (Fsp3) is 0.107. The van der Waals surface area contributed by atoms with Crippen molar-refractivity contribution >= 4 is 45.9 Å². The zero-order valence-electron chi connectivity index (χ0n) is 20.0. The van der Waals surface area contributed by atoms with Gasteiger partial charge in [-0.2, -0.15) is 0 Å². The summed E-state index contributed by atoms with van der Waals surface area (Å²) in [6, 6.07) is 29.8. The minimum absolute atomic E-state index is 0.104. The Bertz CT molecular complexity index is 1390. The Hall–Kier alpha value is -4.56. The minimum Gasteiger partial charge on any atom is -0.363 e. The molecular formula is C28H24ClN5O3. The number of carbonyl (C=O) groups is 1. The van der Waals surface area contributed by atoms with E-state index in [1.165, 1.54) is 25.1 Å². The predicted octanol–water partition coefficient (Wildman–Crippen LogP) is 7.83. The van der Waals surface area contributed by atoms with Gasteiger partial charge in [0.25, 0.3) is 5.69 Å². The van der Waals surface area contributed by atoms with Crippen molar-refractivity contribution < 1.29 is 9.72 Å². The van der Waals surface area contributed by atoms with Crippen molar-refractivity contribution in [1.82, 2.24) is 0 Å². The molecule has 0 aliphatic heterocycles. The van der Waals surface area contributed by atoms with Crippen LogP contribution in [0.2, 0.25) is 5.02 Å². The summed E-state index contributed by atoms with van der Waals surface area (Å²) in [7, 11) is 0. The minimum atomic E-state index is -0.531. The Labute approximate surface area is 219 Å². The van der Waals surface area contributed by atoms with Crippen LogP contribution in [0, 0.1) is 10.1 Å². The highest BCUT2D eigenvalue weighted by Gasteiger charge is 2.14. The number of nitro benzene ring substituents is 1. The number of amides is 1. The number of nitrogens with one attached hydrogen (secondary N) is 1. The lowest BCUT2D eigenvalue weighted by molar-refractivity contribution is -0.384. The number of azo groups is 1. The molecule has 0 heterocycles. The summed E-state index contributed by atoms with van der Waals surface area (Å²) >= 11 is 6.15. The molecule has 4 aromatic rings. The molecule has 9 heteroatoms. The van der Waals surface area contributed by atoms with Gasteiger partial charge in [0.05, 0.1) is 15.6 Å². The zero-order chi connectivity index (χ0) is 26.2.